The Kier molecular flexibility index (Phi) is 2.67. The number of hydrogen-bond acceptors (Lipinski definition) is 3. The van der Waals surface area contributed by atoms with Crippen molar-refractivity contribution in [3.8, 4) is 0 Å². The highest BCUT2D eigenvalue weighted by atomic mass is 32.1. The number of piperidine rings is 1. The summed E-state index contributed by atoms with van der Waals surface area (Å²) in [6.45, 7) is 1.29. The van der Waals surface area contributed by atoms with E-state index in [-0.39, 0.29) is 0 Å². The zero-order valence-corrected chi connectivity index (χ0v) is 8.54. The number of carbonyl (C=O) groups is 1. The zero-order valence-electron chi connectivity index (χ0n) is 7.72. The van der Waals surface area contributed by atoms with Gasteiger partial charge in [-0.2, -0.15) is 0 Å². The van der Waals surface area contributed by atoms with Crippen LogP contribution in [0.25, 0.3) is 0 Å². The van der Waals surface area contributed by atoms with Crippen LogP contribution >= 0.6 is 11.3 Å². The van der Waals surface area contributed by atoms with Crippen LogP contribution in [0.1, 0.15) is 23.6 Å². The number of likely N-dealkylation sites (tertiary alicyclic amines) is 1. The second-order valence-corrected chi connectivity index (χ2v) is 4.39. The Bertz CT molecular complexity index is 313. The number of nitrogens with zero attached hydrogens (tertiary/aromatic N) is 2. The maximum atomic E-state index is 10.8. The van der Waals surface area contributed by atoms with Gasteiger partial charge in [0.25, 0.3) is 0 Å². The summed E-state index contributed by atoms with van der Waals surface area (Å²) in [4.78, 5) is 17.5. The van der Waals surface area contributed by atoms with Gasteiger partial charge in [0.2, 0.25) is 0 Å². The lowest BCUT2D eigenvalue weighted by molar-refractivity contribution is 0.131. The van der Waals surface area contributed by atoms with Crippen molar-refractivity contribution in [1.82, 2.24) is 9.88 Å². The van der Waals surface area contributed by atoms with Gasteiger partial charge < -0.3 is 10.0 Å². The fourth-order valence-electron chi connectivity index (χ4n) is 1.81. The lowest BCUT2D eigenvalue weighted by Gasteiger charge is -2.29. The summed E-state index contributed by atoms with van der Waals surface area (Å²) >= 11 is 1.61. The standard InChI is InChI=1S/C9H12N2O2S/c12-9(13)11-3-1-2-7(5-11)8-4-10-6-14-8/h4,6-7H,1-3,5H2,(H,12,13). The summed E-state index contributed by atoms with van der Waals surface area (Å²) in [5, 5.41) is 8.87. The summed E-state index contributed by atoms with van der Waals surface area (Å²) in [5.74, 6) is 0.354. The van der Waals surface area contributed by atoms with Crippen LogP contribution in [-0.4, -0.2) is 34.2 Å². The van der Waals surface area contributed by atoms with Crippen LogP contribution < -0.4 is 0 Å². The fourth-order valence-corrected chi connectivity index (χ4v) is 2.56. The molecule has 0 saturated carbocycles. The predicted molar refractivity (Wildman–Crippen MR) is 53.7 cm³/mol. The average molecular weight is 212 g/mol. The molecule has 1 unspecified atom stereocenters. The zero-order chi connectivity index (χ0) is 9.97. The number of hydrogen-bond donors (Lipinski definition) is 1. The Hall–Kier alpha value is -1.10. The van der Waals surface area contributed by atoms with E-state index in [1.54, 1.807) is 16.8 Å². The second kappa shape index (κ2) is 3.96. The van der Waals surface area contributed by atoms with E-state index in [9.17, 15) is 4.79 Å². The van der Waals surface area contributed by atoms with Gasteiger partial charge in [-0.05, 0) is 12.8 Å². The van der Waals surface area contributed by atoms with Crippen molar-refractivity contribution in [1.29, 1.82) is 0 Å². The highest BCUT2D eigenvalue weighted by molar-refractivity contribution is 7.09. The number of amides is 1. The molecule has 1 amide bonds. The molecule has 5 heteroatoms. The number of thiazole rings is 1. The van der Waals surface area contributed by atoms with E-state index in [1.807, 2.05) is 6.20 Å². The highest BCUT2D eigenvalue weighted by Crippen LogP contribution is 2.28. The first-order chi connectivity index (χ1) is 6.77. The second-order valence-electron chi connectivity index (χ2n) is 3.47. The monoisotopic (exact) mass is 212 g/mol. The summed E-state index contributed by atoms with van der Waals surface area (Å²) in [7, 11) is 0. The number of rotatable bonds is 1. The summed E-state index contributed by atoms with van der Waals surface area (Å²) in [6, 6.07) is 0. The molecular formula is C9H12N2O2S. The number of carboxylic acid groups (broad SMARTS) is 1. The lowest BCUT2D eigenvalue weighted by Crippen LogP contribution is -2.37. The Morgan fingerprint density at radius 1 is 1.71 bits per heavy atom. The smallest absolute Gasteiger partial charge is 0.407 e. The van der Waals surface area contributed by atoms with Crippen LogP contribution in [0.3, 0.4) is 0 Å². The van der Waals surface area contributed by atoms with E-state index >= 15 is 0 Å². The molecule has 0 aliphatic carbocycles. The van der Waals surface area contributed by atoms with E-state index < -0.39 is 6.09 Å². The van der Waals surface area contributed by atoms with Gasteiger partial charge in [-0.25, -0.2) is 4.79 Å². The third-order valence-electron chi connectivity index (χ3n) is 2.55. The molecule has 0 aromatic carbocycles. The SMILES string of the molecule is O=C(O)N1CCCC(c2cncs2)C1. The highest BCUT2D eigenvalue weighted by Gasteiger charge is 2.24. The minimum Gasteiger partial charge on any atom is -0.465 e. The van der Waals surface area contributed by atoms with Gasteiger partial charge in [-0.3, -0.25) is 4.98 Å². The lowest BCUT2D eigenvalue weighted by atomic mass is 9.97. The Morgan fingerprint density at radius 2 is 2.57 bits per heavy atom. The van der Waals surface area contributed by atoms with Crippen molar-refractivity contribution >= 4 is 17.4 Å². The van der Waals surface area contributed by atoms with Gasteiger partial charge in [0.1, 0.15) is 0 Å². The summed E-state index contributed by atoms with van der Waals surface area (Å²) in [5.41, 5.74) is 1.80. The van der Waals surface area contributed by atoms with Crippen LogP contribution in [0, 0.1) is 0 Å². The quantitative estimate of drug-likeness (QED) is 0.774. The summed E-state index contributed by atoms with van der Waals surface area (Å²) < 4.78 is 0. The normalized spacial score (nSPS) is 22.3. The molecule has 76 valence electrons. The molecule has 1 N–H and O–H groups in total. The molecule has 2 rings (SSSR count). The van der Waals surface area contributed by atoms with Gasteiger partial charge in [-0.15, -0.1) is 11.3 Å². The van der Waals surface area contributed by atoms with Gasteiger partial charge in [0.05, 0.1) is 5.51 Å². The molecule has 1 aliphatic rings. The van der Waals surface area contributed by atoms with E-state index in [4.69, 9.17) is 5.11 Å². The van der Waals surface area contributed by atoms with Gasteiger partial charge in [-0.1, -0.05) is 0 Å². The molecule has 1 aromatic rings. The van der Waals surface area contributed by atoms with Gasteiger partial charge in [0, 0.05) is 30.1 Å². The minimum absolute atomic E-state index is 0.354. The van der Waals surface area contributed by atoms with Crippen molar-refractivity contribution in [2.24, 2.45) is 0 Å². The Balaban J connectivity index is 2.04. The molecule has 4 nitrogen and oxygen atoms in total. The molecular weight excluding hydrogens is 200 g/mol. The summed E-state index contributed by atoms with van der Waals surface area (Å²) in [6.07, 6.45) is 3.07. The molecule has 1 fully saturated rings. The largest absolute Gasteiger partial charge is 0.465 e. The molecule has 14 heavy (non-hydrogen) atoms. The van der Waals surface area contributed by atoms with Crippen molar-refractivity contribution in [2.75, 3.05) is 13.1 Å². The molecule has 1 saturated heterocycles. The van der Waals surface area contributed by atoms with Crippen LogP contribution in [0.4, 0.5) is 4.79 Å². The van der Waals surface area contributed by atoms with Crippen LogP contribution in [-0.2, 0) is 0 Å². The van der Waals surface area contributed by atoms with Gasteiger partial charge in [0.15, 0.2) is 0 Å². The molecule has 0 bridgehead atoms. The predicted octanol–water partition coefficient (Wildman–Crippen LogP) is 2.00. The molecule has 0 radical (unpaired) electrons. The molecule has 1 atom stereocenters. The molecule has 0 spiro atoms. The van der Waals surface area contributed by atoms with Crippen LogP contribution in [0.15, 0.2) is 11.7 Å². The maximum Gasteiger partial charge on any atom is 0.407 e. The Labute approximate surface area is 86.2 Å². The fraction of sp³-hybridized carbons (Fsp3) is 0.556. The van der Waals surface area contributed by atoms with Crippen molar-refractivity contribution < 1.29 is 9.90 Å². The first-order valence-corrected chi connectivity index (χ1v) is 5.51. The molecule has 1 aromatic heterocycles. The van der Waals surface area contributed by atoms with Crippen molar-refractivity contribution in [2.45, 2.75) is 18.8 Å². The Morgan fingerprint density at radius 3 is 3.21 bits per heavy atom. The third-order valence-corrected chi connectivity index (χ3v) is 3.48. The third kappa shape index (κ3) is 1.87. The first-order valence-electron chi connectivity index (χ1n) is 4.63. The molecule has 2 heterocycles. The topological polar surface area (TPSA) is 53.4 Å². The van der Waals surface area contributed by atoms with E-state index in [0.717, 1.165) is 12.8 Å². The van der Waals surface area contributed by atoms with Crippen LogP contribution in [0.2, 0.25) is 0 Å². The van der Waals surface area contributed by atoms with Crippen molar-refractivity contribution in [3.63, 3.8) is 0 Å². The van der Waals surface area contributed by atoms with E-state index in [2.05, 4.69) is 4.98 Å². The first kappa shape index (κ1) is 9.45. The van der Waals surface area contributed by atoms with E-state index in [0.29, 0.717) is 19.0 Å². The van der Waals surface area contributed by atoms with Crippen LogP contribution in [0.5, 0.6) is 0 Å². The van der Waals surface area contributed by atoms with Crippen molar-refractivity contribution in [3.05, 3.63) is 16.6 Å². The number of aromatic nitrogens is 1. The minimum atomic E-state index is -0.806. The molecule has 1 aliphatic heterocycles. The maximum absolute atomic E-state index is 10.8. The average Bonchev–Trinajstić information content (AvgIpc) is 2.71. The van der Waals surface area contributed by atoms with E-state index in [1.165, 1.54) is 9.78 Å². The van der Waals surface area contributed by atoms with Gasteiger partial charge >= 0.3 is 6.09 Å².